The zero-order valence-corrected chi connectivity index (χ0v) is 13.6. The number of amides is 1. The van der Waals surface area contributed by atoms with E-state index in [2.05, 4.69) is 10.3 Å². The molecule has 23 heavy (non-hydrogen) atoms. The van der Waals surface area contributed by atoms with Crippen molar-refractivity contribution in [3.63, 3.8) is 0 Å². The Kier molecular flexibility index (Phi) is 4.07. The third kappa shape index (κ3) is 2.99. The average Bonchev–Trinajstić information content (AvgIpc) is 3.04. The Balaban J connectivity index is 1.55. The molecule has 1 aromatic rings. The van der Waals surface area contributed by atoms with Gasteiger partial charge in [-0.2, -0.15) is 0 Å². The summed E-state index contributed by atoms with van der Waals surface area (Å²) < 4.78 is 13.0. The zero-order chi connectivity index (χ0) is 15.8. The van der Waals surface area contributed by atoms with Crippen molar-refractivity contribution in [1.82, 2.24) is 19.9 Å². The number of hydrogen-bond donors (Lipinski definition) is 0. The van der Waals surface area contributed by atoms with Crippen molar-refractivity contribution in [1.29, 1.82) is 0 Å². The number of nitrogens with zero attached hydrogens (tertiary/aromatic N) is 4. The van der Waals surface area contributed by atoms with E-state index in [4.69, 9.17) is 9.47 Å². The molecule has 0 aromatic carbocycles. The highest BCUT2D eigenvalue weighted by molar-refractivity contribution is 5.81. The van der Waals surface area contributed by atoms with Crippen molar-refractivity contribution in [2.24, 2.45) is 5.92 Å². The quantitative estimate of drug-likeness (QED) is 0.807. The summed E-state index contributed by atoms with van der Waals surface area (Å²) in [7, 11) is 1.70. The molecule has 2 aliphatic heterocycles. The SMILES string of the molecule is COCC1CN(C(=O)[C@@H]2CCCO2)Cc2nnn(CC3CC3)c21. The second kappa shape index (κ2) is 6.20. The molecule has 3 heterocycles. The Bertz CT molecular complexity index is 578. The molecule has 1 aliphatic carbocycles. The minimum atomic E-state index is -0.277. The van der Waals surface area contributed by atoms with Gasteiger partial charge in [0.15, 0.2) is 0 Å². The van der Waals surface area contributed by atoms with Gasteiger partial charge in [-0.15, -0.1) is 5.10 Å². The summed E-state index contributed by atoms with van der Waals surface area (Å²) in [4.78, 5) is 14.5. The van der Waals surface area contributed by atoms with Gasteiger partial charge in [0.2, 0.25) is 0 Å². The van der Waals surface area contributed by atoms with Gasteiger partial charge in [0, 0.05) is 32.7 Å². The van der Waals surface area contributed by atoms with Gasteiger partial charge in [-0.1, -0.05) is 5.21 Å². The molecule has 7 heteroatoms. The summed E-state index contributed by atoms with van der Waals surface area (Å²) in [6.07, 6.45) is 4.08. The highest BCUT2D eigenvalue weighted by Gasteiger charge is 2.37. The Morgan fingerprint density at radius 1 is 1.39 bits per heavy atom. The largest absolute Gasteiger partial charge is 0.384 e. The van der Waals surface area contributed by atoms with Crippen LogP contribution in [0.3, 0.4) is 0 Å². The first-order chi connectivity index (χ1) is 11.3. The summed E-state index contributed by atoms with van der Waals surface area (Å²) in [5.41, 5.74) is 2.08. The molecule has 2 fully saturated rings. The summed E-state index contributed by atoms with van der Waals surface area (Å²) in [6, 6.07) is 0. The number of hydrogen-bond acceptors (Lipinski definition) is 5. The van der Waals surface area contributed by atoms with Crippen molar-refractivity contribution < 1.29 is 14.3 Å². The first kappa shape index (κ1) is 15.1. The lowest BCUT2D eigenvalue weighted by atomic mass is 9.98. The summed E-state index contributed by atoms with van der Waals surface area (Å²) >= 11 is 0. The second-order valence-electron chi connectivity index (χ2n) is 6.92. The fraction of sp³-hybridized carbons (Fsp3) is 0.812. The lowest BCUT2D eigenvalue weighted by molar-refractivity contribution is -0.142. The third-order valence-corrected chi connectivity index (χ3v) is 5.03. The van der Waals surface area contributed by atoms with Gasteiger partial charge in [-0.3, -0.25) is 4.79 Å². The van der Waals surface area contributed by atoms with Gasteiger partial charge < -0.3 is 14.4 Å². The van der Waals surface area contributed by atoms with Gasteiger partial charge in [0.1, 0.15) is 11.8 Å². The molecule has 2 atom stereocenters. The molecule has 1 unspecified atom stereocenters. The van der Waals surface area contributed by atoms with Crippen LogP contribution in [0.2, 0.25) is 0 Å². The topological polar surface area (TPSA) is 69.5 Å². The van der Waals surface area contributed by atoms with E-state index >= 15 is 0 Å². The number of ether oxygens (including phenoxy) is 2. The molecule has 3 aliphatic rings. The van der Waals surface area contributed by atoms with Crippen LogP contribution in [0.1, 0.15) is 43.0 Å². The first-order valence-electron chi connectivity index (χ1n) is 8.58. The monoisotopic (exact) mass is 320 g/mol. The number of aromatic nitrogens is 3. The van der Waals surface area contributed by atoms with E-state index in [0.717, 1.165) is 36.7 Å². The van der Waals surface area contributed by atoms with Crippen molar-refractivity contribution in [3.05, 3.63) is 11.4 Å². The molecule has 1 saturated carbocycles. The summed E-state index contributed by atoms with van der Waals surface area (Å²) in [5.74, 6) is 0.976. The zero-order valence-electron chi connectivity index (χ0n) is 13.6. The van der Waals surface area contributed by atoms with E-state index in [9.17, 15) is 4.79 Å². The number of fused-ring (bicyclic) bond motifs is 1. The van der Waals surface area contributed by atoms with Crippen molar-refractivity contribution in [3.8, 4) is 0 Å². The Hall–Kier alpha value is -1.47. The molecule has 0 radical (unpaired) electrons. The van der Waals surface area contributed by atoms with E-state index in [0.29, 0.717) is 26.3 Å². The maximum atomic E-state index is 12.7. The van der Waals surface area contributed by atoms with Crippen LogP contribution in [0, 0.1) is 5.92 Å². The van der Waals surface area contributed by atoms with Crippen LogP contribution in [0.25, 0.3) is 0 Å². The van der Waals surface area contributed by atoms with Crippen LogP contribution >= 0.6 is 0 Å². The van der Waals surface area contributed by atoms with Gasteiger partial charge >= 0.3 is 0 Å². The first-order valence-corrected chi connectivity index (χ1v) is 8.58. The molecule has 0 spiro atoms. The molecular weight excluding hydrogens is 296 g/mol. The van der Waals surface area contributed by atoms with Crippen LogP contribution in [-0.4, -0.2) is 58.8 Å². The predicted octanol–water partition coefficient (Wildman–Crippen LogP) is 0.939. The highest BCUT2D eigenvalue weighted by atomic mass is 16.5. The highest BCUT2D eigenvalue weighted by Crippen LogP contribution is 2.34. The molecule has 7 nitrogen and oxygen atoms in total. The van der Waals surface area contributed by atoms with Gasteiger partial charge in [-0.25, -0.2) is 4.68 Å². The Morgan fingerprint density at radius 2 is 2.26 bits per heavy atom. The van der Waals surface area contributed by atoms with E-state index in [-0.39, 0.29) is 17.9 Å². The standard InChI is InChI=1S/C16H24N4O3/c1-22-10-12-8-19(16(21)14-3-2-6-23-14)9-13-15(12)20(18-17-13)7-11-4-5-11/h11-12,14H,2-10H2,1H3/t12?,14-/m0/s1. The van der Waals surface area contributed by atoms with Gasteiger partial charge in [0.05, 0.1) is 18.8 Å². The van der Waals surface area contributed by atoms with Crippen LogP contribution in [-0.2, 0) is 27.4 Å². The van der Waals surface area contributed by atoms with Crippen molar-refractivity contribution >= 4 is 5.91 Å². The molecule has 0 bridgehead atoms. The smallest absolute Gasteiger partial charge is 0.252 e. The maximum Gasteiger partial charge on any atom is 0.252 e. The van der Waals surface area contributed by atoms with Crippen molar-refractivity contribution in [2.75, 3.05) is 26.9 Å². The molecular formula is C16H24N4O3. The molecule has 126 valence electrons. The van der Waals surface area contributed by atoms with Gasteiger partial charge in [-0.05, 0) is 31.6 Å². The second-order valence-corrected chi connectivity index (χ2v) is 6.92. The third-order valence-electron chi connectivity index (χ3n) is 5.03. The minimum Gasteiger partial charge on any atom is -0.384 e. The van der Waals surface area contributed by atoms with E-state index in [1.54, 1.807) is 7.11 Å². The normalized spacial score (nSPS) is 27.3. The molecule has 1 amide bonds. The number of rotatable bonds is 5. The Morgan fingerprint density at radius 3 is 2.96 bits per heavy atom. The van der Waals surface area contributed by atoms with E-state index in [1.807, 2.05) is 9.58 Å². The minimum absolute atomic E-state index is 0.0889. The van der Waals surface area contributed by atoms with Crippen molar-refractivity contribution in [2.45, 2.75) is 50.8 Å². The Labute approximate surface area is 135 Å². The number of carbonyl (C=O) groups excluding carboxylic acids is 1. The van der Waals surface area contributed by atoms with E-state index in [1.165, 1.54) is 12.8 Å². The molecule has 4 rings (SSSR count). The van der Waals surface area contributed by atoms with Crippen LogP contribution < -0.4 is 0 Å². The lowest BCUT2D eigenvalue weighted by Crippen LogP contribution is -2.44. The van der Waals surface area contributed by atoms with Crippen LogP contribution in [0.15, 0.2) is 0 Å². The number of carbonyl (C=O) groups is 1. The summed E-state index contributed by atoms with van der Waals surface area (Å²) in [6.45, 7) is 3.42. The summed E-state index contributed by atoms with van der Waals surface area (Å²) in [5, 5.41) is 8.70. The average molecular weight is 320 g/mol. The van der Waals surface area contributed by atoms with Crippen LogP contribution in [0.4, 0.5) is 0 Å². The lowest BCUT2D eigenvalue weighted by Gasteiger charge is -2.33. The fourth-order valence-corrected chi connectivity index (χ4v) is 3.67. The van der Waals surface area contributed by atoms with Gasteiger partial charge in [0.25, 0.3) is 5.91 Å². The molecule has 1 aromatic heterocycles. The number of methoxy groups -OCH3 is 1. The van der Waals surface area contributed by atoms with E-state index < -0.39 is 0 Å². The molecule has 0 N–H and O–H groups in total. The van der Waals surface area contributed by atoms with Crippen LogP contribution in [0.5, 0.6) is 0 Å². The predicted molar refractivity (Wildman–Crippen MR) is 81.8 cm³/mol. The maximum absolute atomic E-state index is 12.7. The molecule has 1 saturated heterocycles. The fourth-order valence-electron chi connectivity index (χ4n) is 3.67.